The molecule has 0 fully saturated rings. The van der Waals surface area contributed by atoms with Gasteiger partial charge in [-0.25, -0.2) is 0 Å². The van der Waals surface area contributed by atoms with Gasteiger partial charge in [-0.3, -0.25) is 0 Å². The summed E-state index contributed by atoms with van der Waals surface area (Å²) in [5.41, 5.74) is 15.4. The molecule has 13 rings (SSSR count). The number of rotatable bonds is 4. The summed E-state index contributed by atoms with van der Waals surface area (Å²) in [6.07, 6.45) is 0. The molecule has 0 saturated heterocycles. The highest BCUT2D eigenvalue weighted by Crippen LogP contribution is 2.50. The molecule has 326 valence electrons. The molecule has 0 bridgehead atoms. The van der Waals surface area contributed by atoms with Crippen molar-refractivity contribution >= 4 is 86.2 Å². The van der Waals surface area contributed by atoms with E-state index >= 15 is 0 Å². The van der Waals surface area contributed by atoms with Gasteiger partial charge in [0.25, 0.3) is 0 Å². The Balaban J connectivity index is 1.15. The van der Waals surface area contributed by atoms with E-state index in [-0.39, 0.29) is 10.8 Å². The molecule has 0 radical (unpaired) electrons. The van der Waals surface area contributed by atoms with E-state index in [2.05, 4.69) is 237 Å². The minimum Gasteiger partial charge on any atom is -0.0587 e. The Kier molecular flexibility index (Phi) is 8.67. The molecule has 0 atom stereocenters. The van der Waals surface area contributed by atoms with Gasteiger partial charge in [-0.1, -0.05) is 186 Å². The predicted octanol–water partition coefficient (Wildman–Crippen LogP) is 19.7. The number of hydrogen-bond acceptors (Lipinski definition) is 0. The van der Waals surface area contributed by atoms with Gasteiger partial charge in [0.05, 0.1) is 0 Å². The van der Waals surface area contributed by atoms with Crippen molar-refractivity contribution in [1.82, 2.24) is 0 Å². The smallest absolute Gasteiger partial charge is 0.00195 e. The van der Waals surface area contributed by atoms with E-state index < -0.39 is 0 Å². The second kappa shape index (κ2) is 14.5. The molecular formula is C68H54. The van der Waals surface area contributed by atoms with E-state index in [1.54, 1.807) is 0 Å². The van der Waals surface area contributed by atoms with Crippen molar-refractivity contribution in [3.63, 3.8) is 0 Å². The Morgan fingerprint density at radius 1 is 0.206 bits per heavy atom. The second-order valence-electron chi connectivity index (χ2n) is 21.9. The van der Waals surface area contributed by atoms with Gasteiger partial charge in [-0.2, -0.15) is 0 Å². The molecular weight excluding hydrogens is 817 g/mol. The molecule has 0 heterocycles. The zero-order valence-corrected chi connectivity index (χ0v) is 40.3. The van der Waals surface area contributed by atoms with Gasteiger partial charge in [0.15, 0.2) is 0 Å². The summed E-state index contributed by atoms with van der Waals surface area (Å²) < 4.78 is 0. The molecule has 13 aromatic rings. The first kappa shape index (κ1) is 40.7. The molecule has 0 amide bonds. The largest absolute Gasteiger partial charge is 0.0587 e. The number of benzene rings is 11. The molecule has 68 heavy (non-hydrogen) atoms. The van der Waals surface area contributed by atoms with Crippen LogP contribution in [-0.4, -0.2) is 0 Å². The average Bonchev–Trinajstić information content (AvgIpc) is 3.83. The van der Waals surface area contributed by atoms with Crippen molar-refractivity contribution in [3.05, 3.63) is 204 Å². The third-order valence-corrected chi connectivity index (χ3v) is 15.4. The third kappa shape index (κ3) is 6.27. The van der Waals surface area contributed by atoms with Crippen molar-refractivity contribution in [1.29, 1.82) is 0 Å². The fraction of sp³-hybridized carbons (Fsp3) is 0.147. The molecule has 0 N–H and O–H groups in total. The van der Waals surface area contributed by atoms with Gasteiger partial charge < -0.3 is 0 Å². The van der Waals surface area contributed by atoms with Crippen LogP contribution in [0.3, 0.4) is 0 Å². The van der Waals surface area contributed by atoms with E-state index in [1.165, 1.54) is 153 Å². The lowest BCUT2D eigenvalue weighted by molar-refractivity contribution is 0.590. The minimum absolute atomic E-state index is 0.0852. The SMILES string of the molecule is Cc1ccc(-c2ccc3c(c2)c2cc4c5cc6c7cc(-c8ccc(C)cc8)ccc7c7cc(-c8ccc(C(C)(C)C)cc8)cc(c5ccc4c4cc(-c5ccc(C(C)(C)C)cc5)cc3c42)c76)cc1. The van der Waals surface area contributed by atoms with E-state index in [0.717, 1.165) is 0 Å². The molecule has 0 aliphatic rings. The highest BCUT2D eigenvalue weighted by molar-refractivity contribution is 6.41. The zero-order valence-electron chi connectivity index (χ0n) is 40.3. The van der Waals surface area contributed by atoms with Crippen LogP contribution >= 0.6 is 0 Å². The van der Waals surface area contributed by atoms with Gasteiger partial charge in [-0.05, 0) is 215 Å². The molecule has 0 aliphatic carbocycles. The fourth-order valence-electron chi connectivity index (χ4n) is 11.5. The van der Waals surface area contributed by atoms with Crippen molar-refractivity contribution in [2.45, 2.75) is 66.2 Å². The Morgan fingerprint density at radius 3 is 0.765 bits per heavy atom. The molecule has 0 spiro atoms. The van der Waals surface area contributed by atoms with Gasteiger partial charge in [0.1, 0.15) is 0 Å². The molecule has 0 aromatic heterocycles. The van der Waals surface area contributed by atoms with E-state index in [9.17, 15) is 0 Å². The first-order valence-electron chi connectivity index (χ1n) is 24.4. The van der Waals surface area contributed by atoms with Crippen molar-refractivity contribution in [2.75, 3.05) is 0 Å². The summed E-state index contributed by atoms with van der Waals surface area (Å²) in [7, 11) is 0. The molecule has 0 heteroatoms. The van der Waals surface area contributed by atoms with Crippen LogP contribution in [0, 0.1) is 13.8 Å². The Bertz CT molecular complexity index is 3880. The highest BCUT2D eigenvalue weighted by Gasteiger charge is 2.23. The van der Waals surface area contributed by atoms with Crippen LogP contribution in [0.2, 0.25) is 0 Å². The summed E-state index contributed by atoms with van der Waals surface area (Å²) in [6.45, 7) is 18.1. The Hall–Kier alpha value is -7.54. The van der Waals surface area contributed by atoms with E-state index in [0.29, 0.717) is 0 Å². The van der Waals surface area contributed by atoms with Crippen LogP contribution in [0.5, 0.6) is 0 Å². The summed E-state index contributed by atoms with van der Waals surface area (Å²) in [5, 5.41) is 21.0. The normalized spacial score (nSPS) is 12.7. The van der Waals surface area contributed by atoms with Crippen molar-refractivity contribution < 1.29 is 0 Å². The fourth-order valence-corrected chi connectivity index (χ4v) is 11.5. The van der Waals surface area contributed by atoms with Crippen LogP contribution in [0.4, 0.5) is 0 Å². The van der Waals surface area contributed by atoms with Gasteiger partial charge in [0, 0.05) is 0 Å². The lowest BCUT2D eigenvalue weighted by atomic mass is 9.85. The number of aryl methyl sites for hydroxylation is 2. The van der Waals surface area contributed by atoms with Crippen LogP contribution < -0.4 is 0 Å². The standard InChI is InChI=1S/C68H54/c1-39-9-13-41(14-10-39)45-21-27-51-55(31-45)63-37-57-53(61-35-47(33-59(51)65(61)63)43-17-23-49(24-18-43)67(3,4)5)29-30-54-58(57)38-64-56-32-46(42-15-11-40(2)12-16-42)22-28-52(56)60-34-48(36-62(54)66(60)64)44-19-25-50(26-20-44)68(6,7)8/h9-38H,1-8H3. The molecule has 13 aromatic carbocycles. The van der Waals surface area contributed by atoms with Crippen LogP contribution in [0.25, 0.3) is 131 Å². The van der Waals surface area contributed by atoms with Crippen LogP contribution in [0.1, 0.15) is 63.8 Å². The van der Waals surface area contributed by atoms with Crippen molar-refractivity contribution in [3.8, 4) is 44.5 Å². The first-order chi connectivity index (χ1) is 32.7. The maximum absolute atomic E-state index is 2.54. The Labute approximate surface area is 399 Å². The average molecular weight is 871 g/mol. The number of fused-ring (bicyclic) bond motifs is 11. The summed E-state index contributed by atoms with van der Waals surface area (Å²) in [4.78, 5) is 0. The first-order valence-corrected chi connectivity index (χ1v) is 24.4. The summed E-state index contributed by atoms with van der Waals surface area (Å²) in [6, 6.07) is 70.7. The van der Waals surface area contributed by atoms with Crippen LogP contribution in [-0.2, 0) is 10.8 Å². The lowest BCUT2D eigenvalue weighted by Gasteiger charge is -2.19. The highest BCUT2D eigenvalue weighted by atomic mass is 14.3. The van der Waals surface area contributed by atoms with Gasteiger partial charge in [-0.15, -0.1) is 0 Å². The molecule has 0 nitrogen and oxygen atoms in total. The van der Waals surface area contributed by atoms with E-state index in [1.807, 2.05) is 0 Å². The lowest BCUT2D eigenvalue weighted by Crippen LogP contribution is -2.10. The topological polar surface area (TPSA) is 0 Å². The predicted molar refractivity (Wildman–Crippen MR) is 297 cm³/mol. The second-order valence-corrected chi connectivity index (χ2v) is 21.9. The third-order valence-electron chi connectivity index (χ3n) is 15.4. The quantitative estimate of drug-likeness (QED) is 0.155. The van der Waals surface area contributed by atoms with Crippen LogP contribution in [0.15, 0.2) is 182 Å². The summed E-state index contributed by atoms with van der Waals surface area (Å²) in [5.74, 6) is 0. The van der Waals surface area contributed by atoms with Gasteiger partial charge >= 0.3 is 0 Å². The summed E-state index contributed by atoms with van der Waals surface area (Å²) >= 11 is 0. The monoisotopic (exact) mass is 870 g/mol. The van der Waals surface area contributed by atoms with E-state index in [4.69, 9.17) is 0 Å². The Morgan fingerprint density at radius 2 is 0.441 bits per heavy atom. The van der Waals surface area contributed by atoms with Gasteiger partial charge in [0.2, 0.25) is 0 Å². The zero-order chi connectivity index (χ0) is 46.4. The molecule has 0 saturated carbocycles. The maximum Gasteiger partial charge on any atom is -0.00195 e. The van der Waals surface area contributed by atoms with Crippen molar-refractivity contribution in [2.24, 2.45) is 0 Å². The minimum atomic E-state index is 0.0852. The number of hydrogen-bond donors (Lipinski definition) is 0. The molecule has 0 unspecified atom stereocenters. The maximum atomic E-state index is 2.54. The molecule has 0 aliphatic heterocycles.